The summed E-state index contributed by atoms with van der Waals surface area (Å²) in [6.45, 7) is 3.93. The van der Waals surface area contributed by atoms with Gasteiger partial charge in [-0.1, -0.05) is 28.1 Å². The highest BCUT2D eigenvalue weighted by Crippen LogP contribution is 2.30. The molecular weight excluding hydrogens is 274 g/mol. The fraction of sp³-hybridized carbons (Fsp3) is 0.182. The van der Waals surface area contributed by atoms with E-state index in [1.165, 1.54) is 6.07 Å². The van der Waals surface area contributed by atoms with Crippen LogP contribution in [0.5, 0.6) is 5.75 Å². The Hall–Kier alpha value is -1.36. The van der Waals surface area contributed by atoms with E-state index in [4.69, 9.17) is 4.74 Å². The van der Waals surface area contributed by atoms with Crippen molar-refractivity contribution in [1.29, 1.82) is 0 Å². The summed E-state index contributed by atoms with van der Waals surface area (Å²) in [5, 5.41) is 10.7. The van der Waals surface area contributed by atoms with Crippen molar-refractivity contribution in [3.05, 3.63) is 51.9 Å². The zero-order valence-corrected chi connectivity index (χ0v) is 10.1. The zero-order valence-electron chi connectivity index (χ0n) is 8.56. The number of rotatable bonds is 5. The number of hydrogen-bond donors (Lipinski definition) is 0. The van der Waals surface area contributed by atoms with E-state index in [2.05, 4.69) is 22.9 Å². The van der Waals surface area contributed by atoms with Gasteiger partial charge in [-0.15, -0.1) is 0 Å². The monoisotopic (exact) mass is 284 g/mol. The third-order valence-corrected chi connectivity index (χ3v) is 2.32. The van der Waals surface area contributed by atoms with E-state index in [1.807, 2.05) is 6.08 Å². The van der Waals surface area contributed by atoms with Crippen molar-refractivity contribution in [2.75, 3.05) is 6.61 Å². The third-order valence-electron chi connectivity index (χ3n) is 1.83. The van der Waals surface area contributed by atoms with Gasteiger partial charge in [0.2, 0.25) is 0 Å². The number of nitro groups is 1. The van der Waals surface area contributed by atoms with Crippen LogP contribution >= 0.6 is 15.9 Å². The Morgan fingerprint density at radius 3 is 2.94 bits per heavy atom. The van der Waals surface area contributed by atoms with Gasteiger partial charge in [-0.05, 0) is 19.4 Å². The lowest BCUT2D eigenvalue weighted by Gasteiger charge is -2.05. The lowest BCUT2D eigenvalue weighted by Crippen LogP contribution is -1.99. The van der Waals surface area contributed by atoms with Crippen LogP contribution in [0, 0.1) is 17.0 Å². The number of halogens is 1. The number of ether oxygens (including phenoxy) is 1. The van der Waals surface area contributed by atoms with E-state index in [-0.39, 0.29) is 11.4 Å². The molecule has 0 aromatic heterocycles. The highest BCUT2D eigenvalue weighted by molar-refractivity contribution is 9.10. The fourth-order valence-electron chi connectivity index (χ4n) is 1.11. The van der Waals surface area contributed by atoms with Crippen LogP contribution in [-0.2, 0) is 0 Å². The number of nitrogens with zero attached hydrogens (tertiary/aromatic N) is 1. The first-order valence-corrected chi connectivity index (χ1v) is 5.45. The standard InChI is InChI=1S/C11H11BrNO3/c1-2-3-4-7-16-11-8-9(12)5-6-10(11)13(14)15/h2-3,5-6,8H,1,4,7H2. The van der Waals surface area contributed by atoms with E-state index in [0.29, 0.717) is 13.0 Å². The van der Waals surface area contributed by atoms with Gasteiger partial charge in [0.15, 0.2) is 5.75 Å². The summed E-state index contributed by atoms with van der Waals surface area (Å²) in [4.78, 5) is 10.2. The second-order valence-corrected chi connectivity index (χ2v) is 3.89. The molecule has 0 heterocycles. The van der Waals surface area contributed by atoms with E-state index < -0.39 is 4.92 Å². The smallest absolute Gasteiger partial charge is 0.310 e. The highest BCUT2D eigenvalue weighted by atomic mass is 79.9. The van der Waals surface area contributed by atoms with E-state index >= 15 is 0 Å². The minimum atomic E-state index is -0.459. The predicted octanol–water partition coefficient (Wildman–Crippen LogP) is 3.52. The van der Waals surface area contributed by atoms with Gasteiger partial charge in [-0.2, -0.15) is 0 Å². The van der Waals surface area contributed by atoms with Crippen LogP contribution in [0.3, 0.4) is 0 Å². The molecule has 4 nitrogen and oxygen atoms in total. The molecule has 1 aromatic rings. The molecule has 85 valence electrons. The predicted molar refractivity (Wildman–Crippen MR) is 65.4 cm³/mol. The number of nitro benzene ring substituents is 1. The molecule has 0 N–H and O–H groups in total. The summed E-state index contributed by atoms with van der Waals surface area (Å²) in [6.07, 6.45) is 4.18. The molecule has 0 fully saturated rings. The molecule has 0 unspecified atom stereocenters. The molecule has 0 aliphatic carbocycles. The summed E-state index contributed by atoms with van der Waals surface area (Å²) in [6, 6.07) is 4.61. The lowest BCUT2D eigenvalue weighted by atomic mass is 10.3. The van der Waals surface area contributed by atoms with Gasteiger partial charge in [0.25, 0.3) is 0 Å². The van der Waals surface area contributed by atoms with Crippen molar-refractivity contribution in [3.63, 3.8) is 0 Å². The quantitative estimate of drug-likeness (QED) is 0.472. The molecule has 16 heavy (non-hydrogen) atoms. The maximum absolute atomic E-state index is 10.7. The van der Waals surface area contributed by atoms with Crippen molar-refractivity contribution < 1.29 is 9.66 Å². The van der Waals surface area contributed by atoms with Crippen molar-refractivity contribution in [2.24, 2.45) is 0 Å². The van der Waals surface area contributed by atoms with Gasteiger partial charge in [0, 0.05) is 16.6 Å². The Morgan fingerprint density at radius 2 is 2.31 bits per heavy atom. The van der Waals surface area contributed by atoms with Gasteiger partial charge >= 0.3 is 5.69 Å². The summed E-state index contributed by atoms with van der Waals surface area (Å²) < 4.78 is 6.08. The Bertz CT molecular complexity index is 404. The van der Waals surface area contributed by atoms with Crippen LogP contribution < -0.4 is 4.74 Å². The van der Waals surface area contributed by atoms with Crippen molar-refractivity contribution >= 4 is 21.6 Å². The Kier molecular flexibility index (Phi) is 4.98. The van der Waals surface area contributed by atoms with Crippen molar-refractivity contribution in [3.8, 4) is 5.75 Å². The number of benzene rings is 1. The molecule has 0 amide bonds. The molecule has 0 atom stereocenters. The molecule has 0 saturated carbocycles. The Labute approximate surface area is 102 Å². The van der Waals surface area contributed by atoms with Crippen LogP contribution in [0.15, 0.2) is 34.8 Å². The lowest BCUT2D eigenvalue weighted by molar-refractivity contribution is -0.385. The van der Waals surface area contributed by atoms with Gasteiger partial charge in [0.1, 0.15) is 0 Å². The van der Waals surface area contributed by atoms with E-state index in [0.717, 1.165) is 4.47 Å². The summed E-state index contributed by atoms with van der Waals surface area (Å²) >= 11 is 3.24. The molecule has 0 aliphatic heterocycles. The van der Waals surface area contributed by atoms with E-state index in [9.17, 15) is 10.1 Å². The molecule has 0 aliphatic rings. The molecule has 1 radical (unpaired) electrons. The second kappa shape index (κ2) is 6.27. The van der Waals surface area contributed by atoms with Crippen LogP contribution in [-0.4, -0.2) is 11.5 Å². The summed E-state index contributed by atoms with van der Waals surface area (Å²) in [5.74, 6) is 0.275. The minimum Gasteiger partial charge on any atom is -0.486 e. The topological polar surface area (TPSA) is 52.4 Å². The van der Waals surface area contributed by atoms with Gasteiger partial charge in [0.05, 0.1) is 11.5 Å². The zero-order chi connectivity index (χ0) is 12.0. The van der Waals surface area contributed by atoms with Crippen molar-refractivity contribution in [2.45, 2.75) is 6.42 Å². The van der Waals surface area contributed by atoms with Crippen molar-refractivity contribution in [1.82, 2.24) is 0 Å². The molecular formula is C11H11BrNO3. The molecule has 0 saturated heterocycles. The van der Waals surface area contributed by atoms with Gasteiger partial charge in [-0.25, -0.2) is 0 Å². The maximum Gasteiger partial charge on any atom is 0.310 e. The average Bonchev–Trinajstić information content (AvgIpc) is 2.24. The minimum absolute atomic E-state index is 0.0261. The first-order chi connectivity index (χ1) is 7.65. The van der Waals surface area contributed by atoms with Gasteiger partial charge < -0.3 is 4.74 Å². The number of hydrogen-bond acceptors (Lipinski definition) is 3. The number of allylic oxidation sites excluding steroid dienone is 1. The molecule has 1 rings (SSSR count). The SMILES string of the molecule is [CH2]C=CCCOc1cc(Br)ccc1[N+](=O)[O-]. The van der Waals surface area contributed by atoms with Crippen LogP contribution in [0.25, 0.3) is 0 Å². The van der Waals surface area contributed by atoms with Gasteiger partial charge in [-0.3, -0.25) is 10.1 Å². The summed E-state index contributed by atoms with van der Waals surface area (Å²) in [5.41, 5.74) is -0.0261. The second-order valence-electron chi connectivity index (χ2n) is 2.98. The molecule has 5 heteroatoms. The average molecular weight is 285 g/mol. The van der Waals surface area contributed by atoms with Crippen LogP contribution in [0.1, 0.15) is 6.42 Å². The highest BCUT2D eigenvalue weighted by Gasteiger charge is 2.14. The van der Waals surface area contributed by atoms with Crippen LogP contribution in [0.2, 0.25) is 0 Å². The Morgan fingerprint density at radius 1 is 1.56 bits per heavy atom. The Balaban J connectivity index is 2.76. The normalized spacial score (nSPS) is 10.6. The molecule has 0 bridgehead atoms. The fourth-order valence-corrected chi connectivity index (χ4v) is 1.45. The maximum atomic E-state index is 10.7. The first-order valence-electron chi connectivity index (χ1n) is 4.66. The molecule has 0 spiro atoms. The summed E-state index contributed by atoms with van der Waals surface area (Å²) in [7, 11) is 0. The van der Waals surface area contributed by atoms with E-state index in [1.54, 1.807) is 18.2 Å². The third kappa shape index (κ3) is 3.66. The first kappa shape index (κ1) is 12.7. The van der Waals surface area contributed by atoms with Crippen LogP contribution in [0.4, 0.5) is 5.69 Å². The molecule has 1 aromatic carbocycles. The largest absolute Gasteiger partial charge is 0.486 e.